The molecule has 2 aromatic carbocycles. The van der Waals surface area contributed by atoms with Gasteiger partial charge in [0, 0.05) is 13.1 Å². The molecule has 0 N–H and O–H groups in total. The van der Waals surface area contributed by atoms with Gasteiger partial charge in [0.1, 0.15) is 12.2 Å². The molecule has 3 rings (SSSR count). The van der Waals surface area contributed by atoms with Gasteiger partial charge in [-0.3, -0.25) is 4.31 Å². The molecule has 32 heavy (non-hydrogen) atoms. The number of sulfonamides is 1. The van der Waals surface area contributed by atoms with Crippen LogP contribution in [0.1, 0.15) is 11.1 Å². The summed E-state index contributed by atoms with van der Waals surface area (Å²) in [5, 5.41) is 0. The number of rotatable bonds is 6. The second-order valence-electron chi connectivity index (χ2n) is 7.41. The van der Waals surface area contributed by atoms with Gasteiger partial charge < -0.3 is 4.90 Å². The van der Waals surface area contributed by atoms with Gasteiger partial charge in [0.15, 0.2) is 15.7 Å². The van der Waals surface area contributed by atoms with Crippen molar-refractivity contribution >= 4 is 31.2 Å². The lowest BCUT2D eigenvalue weighted by molar-refractivity contribution is -0.117. The van der Waals surface area contributed by atoms with E-state index in [1.807, 2.05) is 0 Å². The highest BCUT2D eigenvalue weighted by atomic mass is 32.2. The molecule has 0 amide bonds. The third-order valence-electron chi connectivity index (χ3n) is 4.96. The third kappa shape index (κ3) is 5.71. The minimum absolute atomic E-state index is 0.0163. The van der Waals surface area contributed by atoms with Crippen LogP contribution in [-0.4, -0.2) is 54.2 Å². The summed E-state index contributed by atoms with van der Waals surface area (Å²) in [7, 11) is -8.02. The summed E-state index contributed by atoms with van der Waals surface area (Å²) in [5.74, 6) is -2.55. The summed E-state index contributed by atoms with van der Waals surface area (Å²) in [6.07, 6.45) is -4.96. The molecule has 0 unspecified atom stereocenters. The maximum atomic E-state index is 15.2. The molecule has 12 heteroatoms. The van der Waals surface area contributed by atoms with Crippen molar-refractivity contribution in [2.45, 2.75) is 11.9 Å². The highest BCUT2D eigenvalue weighted by molar-refractivity contribution is 7.92. The maximum Gasteiger partial charge on any atom is 0.407 e. The molecule has 0 aliphatic carbocycles. The Balaban J connectivity index is 2.13. The molecule has 0 atom stereocenters. The predicted octanol–water partition coefficient (Wildman–Crippen LogP) is 3.14. The summed E-state index contributed by atoms with van der Waals surface area (Å²) >= 11 is 0. The Morgan fingerprint density at radius 3 is 2.19 bits per heavy atom. The fraction of sp³-hybridized carbons (Fsp3) is 0.350. The molecule has 0 spiro atoms. The molecule has 1 aliphatic heterocycles. The van der Waals surface area contributed by atoms with Crippen molar-refractivity contribution in [1.82, 2.24) is 0 Å². The maximum absolute atomic E-state index is 15.2. The predicted molar refractivity (Wildman–Crippen MR) is 114 cm³/mol. The zero-order chi connectivity index (χ0) is 23.7. The molecule has 0 bridgehead atoms. The first-order chi connectivity index (χ1) is 14.8. The first-order valence-electron chi connectivity index (χ1n) is 9.50. The second kappa shape index (κ2) is 8.89. The number of hydrogen-bond acceptors (Lipinski definition) is 5. The Labute approximate surface area is 184 Å². The molecule has 175 valence electrons. The van der Waals surface area contributed by atoms with E-state index in [-0.39, 0.29) is 45.7 Å². The van der Waals surface area contributed by atoms with Gasteiger partial charge in [-0.2, -0.15) is 13.2 Å². The van der Waals surface area contributed by atoms with Crippen LogP contribution in [0.2, 0.25) is 0 Å². The quantitative estimate of drug-likeness (QED) is 0.578. The first-order valence-corrected chi connectivity index (χ1v) is 12.9. The Bertz CT molecular complexity index is 1170. The van der Waals surface area contributed by atoms with Crippen molar-refractivity contribution in [2.75, 3.05) is 40.3 Å². The normalized spacial score (nSPS) is 16.7. The van der Waals surface area contributed by atoms with Crippen LogP contribution in [0.15, 0.2) is 42.5 Å². The van der Waals surface area contributed by atoms with Gasteiger partial charge in [-0.1, -0.05) is 36.4 Å². The van der Waals surface area contributed by atoms with Crippen molar-refractivity contribution in [3.63, 3.8) is 0 Å². The molecule has 0 aromatic heterocycles. The highest BCUT2D eigenvalue weighted by Gasteiger charge is 2.40. The molecule has 1 heterocycles. The largest absolute Gasteiger partial charge is 0.407 e. The zero-order valence-electron chi connectivity index (χ0n) is 16.8. The minimum Gasteiger partial charge on any atom is -0.368 e. The lowest BCUT2D eigenvalue weighted by atomic mass is 10.1. The van der Waals surface area contributed by atoms with Crippen LogP contribution in [0, 0.1) is 12.7 Å². The van der Waals surface area contributed by atoms with E-state index >= 15 is 4.39 Å². The van der Waals surface area contributed by atoms with Gasteiger partial charge in [-0.15, -0.1) is 0 Å². The topological polar surface area (TPSA) is 74.8 Å². The number of anilines is 2. The van der Waals surface area contributed by atoms with Gasteiger partial charge in [-0.25, -0.2) is 21.2 Å². The molecule has 1 fully saturated rings. The molecular weight excluding hydrogens is 472 g/mol. The van der Waals surface area contributed by atoms with E-state index in [0.717, 1.165) is 0 Å². The van der Waals surface area contributed by atoms with E-state index in [1.54, 1.807) is 6.07 Å². The van der Waals surface area contributed by atoms with E-state index < -0.39 is 49.8 Å². The average molecular weight is 494 g/mol. The summed E-state index contributed by atoms with van der Waals surface area (Å²) in [4.78, 5) is 1.38. The van der Waals surface area contributed by atoms with Crippen LogP contribution in [-0.2, 0) is 25.6 Å². The van der Waals surface area contributed by atoms with Crippen LogP contribution < -0.4 is 9.21 Å². The van der Waals surface area contributed by atoms with Gasteiger partial charge in [0.05, 0.1) is 22.9 Å². The average Bonchev–Trinajstić information content (AvgIpc) is 2.68. The Kier molecular flexibility index (Phi) is 6.75. The number of benzene rings is 2. The lowest BCUT2D eigenvalue weighted by Gasteiger charge is -2.34. The van der Waals surface area contributed by atoms with Gasteiger partial charge in [0.2, 0.25) is 10.0 Å². The summed E-state index contributed by atoms with van der Waals surface area (Å²) in [6, 6.07) is 10.1. The van der Waals surface area contributed by atoms with Crippen molar-refractivity contribution in [3.05, 3.63) is 66.3 Å². The molecule has 6 nitrogen and oxygen atoms in total. The van der Waals surface area contributed by atoms with E-state index in [9.17, 15) is 30.0 Å². The Hall–Kier alpha value is -2.34. The van der Waals surface area contributed by atoms with Crippen LogP contribution >= 0.6 is 0 Å². The molecular formula is C20H21F4N2O4S2. The number of hydrogen-bond donors (Lipinski definition) is 0. The van der Waals surface area contributed by atoms with Crippen LogP contribution in [0.5, 0.6) is 0 Å². The molecule has 1 radical (unpaired) electrons. The Morgan fingerprint density at radius 1 is 1.03 bits per heavy atom. The summed E-state index contributed by atoms with van der Waals surface area (Å²) in [6.45, 7) is 1.29. The van der Waals surface area contributed by atoms with Crippen LogP contribution in [0.25, 0.3) is 0 Å². The first kappa shape index (κ1) is 24.3. The SMILES string of the molecule is [CH2]c1ccc(N2CCS(=O)(=O)CC2)c(N(CC(F)(F)F)S(=O)(=O)Cc2ccccc2)c1F. The molecule has 2 aromatic rings. The second-order valence-corrected chi connectivity index (χ2v) is 11.6. The summed E-state index contributed by atoms with van der Waals surface area (Å²) < 4.78 is 105. The smallest absolute Gasteiger partial charge is 0.368 e. The van der Waals surface area contributed by atoms with Crippen LogP contribution in [0.4, 0.5) is 28.9 Å². The third-order valence-corrected chi connectivity index (χ3v) is 8.25. The highest BCUT2D eigenvalue weighted by Crippen LogP contribution is 2.38. The van der Waals surface area contributed by atoms with E-state index in [2.05, 4.69) is 6.92 Å². The van der Waals surface area contributed by atoms with Crippen LogP contribution in [0.3, 0.4) is 0 Å². The number of halogens is 4. The monoisotopic (exact) mass is 493 g/mol. The van der Waals surface area contributed by atoms with Gasteiger partial charge >= 0.3 is 6.18 Å². The van der Waals surface area contributed by atoms with Gasteiger partial charge in [-0.05, 0) is 24.1 Å². The summed E-state index contributed by atoms with van der Waals surface area (Å²) in [5.41, 5.74) is -0.970. The van der Waals surface area contributed by atoms with Crippen molar-refractivity contribution < 1.29 is 34.4 Å². The fourth-order valence-electron chi connectivity index (χ4n) is 3.38. The van der Waals surface area contributed by atoms with Crippen molar-refractivity contribution in [1.29, 1.82) is 0 Å². The van der Waals surface area contributed by atoms with Crippen molar-refractivity contribution in [2.24, 2.45) is 0 Å². The fourth-order valence-corrected chi connectivity index (χ4v) is 6.15. The Morgan fingerprint density at radius 2 is 1.62 bits per heavy atom. The minimum atomic E-state index is -4.96. The molecule has 0 saturated carbocycles. The lowest BCUT2D eigenvalue weighted by Crippen LogP contribution is -2.44. The number of alkyl halides is 3. The zero-order valence-corrected chi connectivity index (χ0v) is 18.5. The van der Waals surface area contributed by atoms with Crippen molar-refractivity contribution in [3.8, 4) is 0 Å². The van der Waals surface area contributed by atoms with E-state index in [0.29, 0.717) is 0 Å². The number of nitrogens with zero attached hydrogens (tertiary/aromatic N) is 2. The molecule has 1 aliphatic rings. The standard InChI is InChI=1S/C20H21F4N2O4S2/c1-15-7-8-17(25-9-11-31(27,28)12-10-25)19(18(15)21)26(14-20(22,23)24)32(29,30)13-16-5-3-2-4-6-16/h2-8H,1,9-14H2. The number of sulfone groups is 1. The van der Waals surface area contributed by atoms with E-state index in [1.165, 1.54) is 41.3 Å². The molecule has 1 saturated heterocycles. The van der Waals surface area contributed by atoms with Gasteiger partial charge in [0.25, 0.3) is 0 Å². The van der Waals surface area contributed by atoms with E-state index in [4.69, 9.17) is 0 Å².